The number of halogens is 1. The number of anilines is 2. The van der Waals surface area contributed by atoms with E-state index in [1.165, 1.54) is 5.56 Å². The molecule has 1 aromatic heterocycles. The zero-order chi connectivity index (χ0) is 14.1. The molecule has 0 bridgehead atoms. The predicted octanol–water partition coefficient (Wildman–Crippen LogP) is 3.43. The van der Waals surface area contributed by atoms with Crippen LogP contribution in [0.2, 0.25) is 5.02 Å². The average molecular weight is 287 g/mol. The summed E-state index contributed by atoms with van der Waals surface area (Å²) < 4.78 is 0. The summed E-state index contributed by atoms with van der Waals surface area (Å²) in [5.74, 6) is 0.820. The summed E-state index contributed by atoms with van der Waals surface area (Å²) in [4.78, 5) is 9.89. The topological polar surface area (TPSA) is 57.9 Å². The van der Waals surface area contributed by atoms with Gasteiger partial charge in [0.1, 0.15) is 0 Å². The van der Waals surface area contributed by atoms with Crippen molar-refractivity contribution < 1.29 is 0 Å². The third-order valence-corrected chi connectivity index (χ3v) is 3.44. The number of nitrogens with zero attached hydrogens (tertiary/aromatic N) is 2. The van der Waals surface area contributed by atoms with Gasteiger partial charge in [-0.25, -0.2) is 4.98 Å². The van der Waals surface area contributed by atoms with Gasteiger partial charge in [-0.2, -0.15) is 0 Å². The molecule has 2 aromatic carbocycles. The summed E-state index contributed by atoms with van der Waals surface area (Å²) in [5, 5.41) is 0.746. The monoisotopic (exact) mass is 286 g/mol. The molecule has 102 valence electrons. The Bertz CT molecular complexity index is 733. The second-order valence-corrected chi connectivity index (χ2v) is 5.26. The second-order valence-electron chi connectivity index (χ2n) is 4.82. The maximum absolute atomic E-state index is 5.89. The smallest absolute Gasteiger partial charge is 0.203 e. The summed E-state index contributed by atoms with van der Waals surface area (Å²) in [6.07, 6.45) is 0. The lowest BCUT2D eigenvalue weighted by atomic mass is 10.2. The number of nitrogens with one attached hydrogen (secondary N) is 1. The number of aromatic nitrogens is 2. The van der Waals surface area contributed by atoms with Gasteiger partial charge in [0.05, 0.1) is 11.0 Å². The Morgan fingerprint density at radius 2 is 1.95 bits per heavy atom. The molecule has 20 heavy (non-hydrogen) atoms. The fourth-order valence-corrected chi connectivity index (χ4v) is 2.26. The van der Waals surface area contributed by atoms with Crippen molar-refractivity contribution in [3.8, 4) is 0 Å². The third-order valence-electron chi connectivity index (χ3n) is 3.19. The number of hydrogen-bond acceptors (Lipinski definition) is 3. The van der Waals surface area contributed by atoms with Crippen molar-refractivity contribution in [2.75, 3.05) is 17.7 Å². The van der Waals surface area contributed by atoms with Crippen LogP contribution in [0.3, 0.4) is 0 Å². The van der Waals surface area contributed by atoms with Gasteiger partial charge in [-0.05, 0) is 35.9 Å². The van der Waals surface area contributed by atoms with Crippen LogP contribution >= 0.6 is 11.6 Å². The summed E-state index contributed by atoms with van der Waals surface area (Å²) in [5.41, 5.74) is 9.54. The molecule has 3 aromatic rings. The molecule has 5 heteroatoms. The van der Waals surface area contributed by atoms with Crippen LogP contribution in [-0.4, -0.2) is 17.0 Å². The molecule has 3 rings (SSSR count). The van der Waals surface area contributed by atoms with Gasteiger partial charge >= 0.3 is 0 Å². The molecule has 0 saturated carbocycles. The standard InChI is InChI=1S/C15H15ClN4/c1-20(9-10-2-4-11(16)5-3-10)15-18-13-7-6-12(17)8-14(13)19-15/h2-8H,9,17H2,1H3,(H,18,19). The normalized spacial score (nSPS) is 10.9. The van der Waals surface area contributed by atoms with E-state index < -0.39 is 0 Å². The second kappa shape index (κ2) is 5.06. The molecule has 0 radical (unpaired) electrons. The molecular weight excluding hydrogens is 272 g/mol. The Morgan fingerprint density at radius 3 is 2.70 bits per heavy atom. The van der Waals surface area contributed by atoms with E-state index in [9.17, 15) is 0 Å². The van der Waals surface area contributed by atoms with E-state index in [1.807, 2.05) is 49.5 Å². The van der Waals surface area contributed by atoms with Gasteiger partial charge in [0.15, 0.2) is 0 Å². The molecule has 4 nitrogen and oxygen atoms in total. The molecule has 1 heterocycles. The first-order chi connectivity index (χ1) is 9.61. The molecule has 0 aliphatic rings. The van der Waals surface area contributed by atoms with Crippen molar-refractivity contribution in [2.24, 2.45) is 0 Å². The summed E-state index contributed by atoms with van der Waals surface area (Å²) >= 11 is 5.89. The first kappa shape index (κ1) is 12.8. The fraction of sp³-hybridized carbons (Fsp3) is 0.133. The van der Waals surface area contributed by atoms with Gasteiger partial charge in [0.2, 0.25) is 5.95 Å². The van der Waals surface area contributed by atoms with Crippen molar-refractivity contribution in [2.45, 2.75) is 6.54 Å². The van der Waals surface area contributed by atoms with Crippen molar-refractivity contribution in [1.29, 1.82) is 0 Å². The SMILES string of the molecule is CN(Cc1ccc(Cl)cc1)c1nc2ccc(N)cc2[nH]1. The third kappa shape index (κ3) is 2.56. The predicted molar refractivity (Wildman–Crippen MR) is 84.1 cm³/mol. The van der Waals surface area contributed by atoms with E-state index in [0.29, 0.717) is 0 Å². The molecule has 0 amide bonds. The molecule has 0 spiro atoms. The number of H-pyrrole nitrogens is 1. The highest BCUT2D eigenvalue weighted by molar-refractivity contribution is 6.30. The molecule has 0 atom stereocenters. The minimum atomic E-state index is 0.730. The molecule has 0 saturated heterocycles. The zero-order valence-electron chi connectivity index (χ0n) is 11.1. The number of nitrogens with two attached hydrogens (primary N) is 1. The molecule has 0 unspecified atom stereocenters. The van der Waals surface area contributed by atoms with Crippen LogP contribution in [0.25, 0.3) is 11.0 Å². The van der Waals surface area contributed by atoms with Gasteiger partial charge in [-0.1, -0.05) is 23.7 Å². The van der Waals surface area contributed by atoms with Crippen LogP contribution in [0.4, 0.5) is 11.6 Å². The number of nitrogen functional groups attached to an aromatic ring is 1. The Balaban J connectivity index is 1.84. The summed E-state index contributed by atoms with van der Waals surface area (Å²) in [7, 11) is 2.00. The molecule has 0 fully saturated rings. The van der Waals surface area contributed by atoms with E-state index in [2.05, 4.69) is 14.9 Å². The largest absolute Gasteiger partial charge is 0.399 e. The number of benzene rings is 2. The number of fused-ring (bicyclic) bond motifs is 1. The van der Waals surface area contributed by atoms with Crippen LogP contribution in [0.1, 0.15) is 5.56 Å². The highest BCUT2D eigenvalue weighted by atomic mass is 35.5. The molecule has 0 aliphatic heterocycles. The summed E-state index contributed by atoms with van der Waals surface area (Å²) in [6.45, 7) is 0.756. The Kier molecular flexibility index (Phi) is 3.24. The van der Waals surface area contributed by atoms with Crippen LogP contribution in [-0.2, 0) is 6.54 Å². The van der Waals surface area contributed by atoms with E-state index >= 15 is 0 Å². The number of hydrogen-bond donors (Lipinski definition) is 2. The maximum atomic E-state index is 5.89. The van der Waals surface area contributed by atoms with Gasteiger partial charge in [0.25, 0.3) is 0 Å². The number of rotatable bonds is 3. The lowest BCUT2D eigenvalue weighted by Crippen LogP contribution is -2.17. The molecular formula is C15H15ClN4. The molecule has 0 aliphatic carbocycles. The minimum absolute atomic E-state index is 0.730. The first-order valence-corrected chi connectivity index (χ1v) is 6.70. The average Bonchev–Trinajstić information content (AvgIpc) is 2.84. The number of aromatic amines is 1. The highest BCUT2D eigenvalue weighted by Crippen LogP contribution is 2.20. The van der Waals surface area contributed by atoms with Crippen molar-refractivity contribution in [1.82, 2.24) is 9.97 Å². The maximum Gasteiger partial charge on any atom is 0.203 e. The van der Waals surface area contributed by atoms with Crippen LogP contribution in [0.15, 0.2) is 42.5 Å². The first-order valence-electron chi connectivity index (χ1n) is 6.32. The Hall–Kier alpha value is -2.20. The fourth-order valence-electron chi connectivity index (χ4n) is 2.13. The van der Waals surface area contributed by atoms with Crippen LogP contribution < -0.4 is 10.6 Å². The van der Waals surface area contributed by atoms with Crippen molar-refractivity contribution in [3.05, 3.63) is 53.1 Å². The summed E-state index contributed by atoms with van der Waals surface area (Å²) in [6, 6.07) is 13.5. The van der Waals surface area contributed by atoms with E-state index in [-0.39, 0.29) is 0 Å². The lowest BCUT2D eigenvalue weighted by molar-refractivity contribution is 0.885. The van der Waals surface area contributed by atoms with E-state index in [4.69, 9.17) is 17.3 Å². The van der Waals surface area contributed by atoms with Gasteiger partial charge in [-0.15, -0.1) is 0 Å². The van der Waals surface area contributed by atoms with Crippen LogP contribution in [0, 0.1) is 0 Å². The lowest BCUT2D eigenvalue weighted by Gasteiger charge is -2.15. The van der Waals surface area contributed by atoms with Crippen molar-refractivity contribution in [3.63, 3.8) is 0 Å². The van der Waals surface area contributed by atoms with Gasteiger partial charge < -0.3 is 15.6 Å². The number of imidazole rings is 1. The van der Waals surface area contributed by atoms with Crippen LogP contribution in [0.5, 0.6) is 0 Å². The van der Waals surface area contributed by atoms with E-state index in [0.717, 1.165) is 34.2 Å². The molecule has 3 N–H and O–H groups in total. The Morgan fingerprint density at radius 1 is 1.20 bits per heavy atom. The minimum Gasteiger partial charge on any atom is -0.399 e. The zero-order valence-corrected chi connectivity index (χ0v) is 11.9. The quantitative estimate of drug-likeness (QED) is 0.725. The Labute approximate surface area is 122 Å². The van der Waals surface area contributed by atoms with E-state index in [1.54, 1.807) is 0 Å². The van der Waals surface area contributed by atoms with Gasteiger partial charge in [0, 0.05) is 24.3 Å². The highest BCUT2D eigenvalue weighted by Gasteiger charge is 2.08. The van der Waals surface area contributed by atoms with Crippen molar-refractivity contribution >= 4 is 34.3 Å². The van der Waals surface area contributed by atoms with Gasteiger partial charge in [-0.3, -0.25) is 0 Å².